The Labute approximate surface area is 268 Å². The first-order valence-electron chi connectivity index (χ1n) is 13.2. The number of carbonyl (C=O) groups is 1. The van der Waals surface area contributed by atoms with Crippen molar-refractivity contribution in [3.05, 3.63) is 88.2 Å². The van der Waals surface area contributed by atoms with Crippen LogP contribution in [0.25, 0.3) is 11.0 Å². The number of rotatable bonds is 11. The number of hydrogen-bond donors (Lipinski definition) is 3. The van der Waals surface area contributed by atoms with Crippen molar-refractivity contribution < 1.29 is 52.7 Å². The van der Waals surface area contributed by atoms with E-state index in [-0.39, 0.29) is 46.2 Å². The number of aromatic amines is 1. The molecule has 4 rings (SSSR count). The smallest absolute Gasteiger partial charge is 0.416 e. The minimum atomic E-state index is -4.73. The zero-order valence-electron chi connectivity index (χ0n) is 23.9. The number of H-pyrrole nitrogens is 1. The second-order valence-electron chi connectivity index (χ2n) is 9.89. The van der Waals surface area contributed by atoms with Crippen LogP contribution < -0.4 is 14.2 Å². The van der Waals surface area contributed by atoms with E-state index in [4.69, 9.17) is 21.5 Å². The minimum Gasteiger partial charge on any atom is -0.465 e. The van der Waals surface area contributed by atoms with Crippen molar-refractivity contribution in [2.24, 2.45) is 5.14 Å². The van der Waals surface area contributed by atoms with E-state index < -0.39 is 67.2 Å². The van der Waals surface area contributed by atoms with Gasteiger partial charge in [0.15, 0.2) is 0 Å². The Kier molecular flexibility index (Phi) is 10.2. The van der Waals surface area contributed by atoms with Crippen LogP contribution in [0.1, 0.15) is 35.5 Å². The Bertz CT molecular complexity index is 2000. The van der Waals surface area contributed by atoms with Crippen LogP contribution in [0.5, 0.6) is 0 Å². The monoisotopic (exact) mass is 727 g/mol. The molecule has 0 unspecified atom stereocenters. The van der Waals surface area contributed by atoms with Gasteiger partial charge in [-0.3, -0.25) is 4.79 Å². The topological polar surface area (TPSA) is 165 Å². The van der Waals surface area contributed by atoms with Gasteiger partial charge in [0.2, 0.25) is 10.0 Å². The molecule has 0 aliphatic carbocycles. The summed E-state index contributed by atoms with van der Waals surface area (Å²) in [4.78, 5) is 18.3. The summed E-state index contributed by atoms with van der Waals surface area (Å²) >= 11 is 6.35. The van der Waals surface area contributed by atoms with Crippen LogP contribution in [0, 0.1) is 0 Å². The number of nitrogens with two attached hydrogens (primary N) is 1. The van der Waals surface area contributed by atoms with Gasteiger partial charge < -0.3 is 9.72 Å². The average molecular weight is 728 g/mol. The number of hydrogen-bond acceptors (Lipinski definition) is 7. The van der Waals surface area contributed by atoms with Crippen molar-refractivity contribution in [3.8, 4) is 0 Å². The minimum absolute atomic E-state index is 0.0443. The molecule has 0 aliphatic rings. The third-order valence-corrected chi connectivity index (χ3v) is 9.28. The maximum Gasteiger partial charge on any atom is 0.416 e. The molecule has 0 saturated heterocycles. The van der Waals surface area contributed by atoms with Crippen molar-refractivity contribution in [1.29, 1.82) is 0 Å². The molecule has 0 spiro atoms. The molecule has 0 fully saturated rings. The van der Waals surface area contributed by atoms with Crippen LogP contribution in [-0.2, 0) is 48.5 Å². The number of alkyl halides is 6. The number of halogens is 7. The van der Waals surface area contributed by atoms with E-state index in [1.165, 1.54) is 25.1 Å². The van der Waals surface area contributed by atoms with Crippen LogP contribution in [-0.4, -0.2) is 45.9 Å². The third kappa shape index (κ3) is 8.72. The van der Waals surface area contributed by atoms with Crippen molar-refractivity contribution in [2.75, 3.05) is 17.5 Å². The molecular weight excluding hydrogens is 704 g/mol. The lowest BCUT2D eigenvalue weighted by Crippen LogP contribution is -2.41. The van der Waals surface area contributed by atoms with E-state index in [1.807, 2.05) is 0 Å². The van der Waals surface area contributed by atoms with Gasteiger partial charge >= 0.3 is 18.3 Å². The predicted octanol–water partition coefficient (Wildman–Crippen LogP) is 5.09. The maximum atomic E-state index is 13.3. The number of anilines is 1. The molecule has 1 heterocycles. The number of ether oxygens (including phenoxy) is 1. The van der Waals surface area contributed by atoms with Gasteiger partial charge in [0, 0.05) is 0 Å². The molecule has 254 valence electrons. The molecule has 20 heteroatoms. The molecule has 0 saturated carbocycles. The van der Waals surface area contributed by atoms with E-state index in [1.54, 1.807) is 0 Å². The fourth-order valence-electron chi connectivity index (χ4n) is 4.39. The second kappa shape index (κ2) is 13.3. The second-order valence-corrected chi connectivity index (χ2v) is 13.5. The summed E-state index contributed by atoms with van der Waals surface area (Å²) < 4.78 is 138. The Balaban J connectivity index is 1.74. The number of nitrogens with one attached hydrogen (secondary N) is 2. The molecule has 4 aromatic rings. The van der Waals surface area contributed by atoms with Crippen LogP contribution >= 0.6 is 11.6 Å². The fourth-order valence-corrected chi connectivity index (χ4v) is 6.67. The van der Waals surface area contributed by atoms with Crippen LogP contribution in [0.15, 0.2) is 65.6 Å². The summed E-state index contributed by atoms with van der Waals surface area (Å²) in [5.41, 5.74) is -2.15. The van der Waals surface area contributed by atoms with Crippen LogP contribution in [0.4, 0.5) is 32.0 Å². The number of sulfonamides is 1. The van der Waals surface area contributed by atoms with Gasteiger partial charge in [-0.15, -0.1) is 0 Å². The average Bonchev–Trinajstić information content (AvgIpc) is 3.38. The summed E-state index contributed by atoms with van der Waals surface area (Å²) in [5.74, 6) is -1.10. The summed E-state index contributed by atoms with van der Waals surface area (Å²) in [6.45, 7) is 0.633. The molecule has 0 amide bonds. The standard InChI is InChI=1S/C27H24ClF6N5O6S2/c1-2-45-24(40)14-39(47(35,43)44)23-10-3-15(11-19(23)28)12-22(25-36-20-9-6-17(27(32,33)34)13-21(20)37-25)38-46(41,42)18-7-4-16(5-8-18)26(29,30)31/h3-11,13,22,38H,2,12,14H2,1H3,(H,36,37)(H2,35,43,44)/t22-/m0/s1. The highest BCUT2D eigenvalue weighted by molar-refractivity contribution is 7.90. The molecular formula is C27H24ClF6N5O6S2. The number of nitrogens with zero attached hydrogens (tertiary/aromatic N) is 2. The van der Waals surface area contributed by atoms with Crippen molar-refractivity contribution in [2.45, 2.75) is 36.6 Å². The maximum absolute atomic E-state index is 13.3. The normalized spacial score (nSPS) is 13.5. The van der Waals surface area contributed by atoms with Crippen LogP contribution in [0.2, 0.25) is 5.02 Å². The molecule has 47 heavy (non-hydrogen) atoms. The molecule has 3 aromatic carbocycles. The van der Waals surface area contributed by atoms with E-state index in [0.717, 1.165) is 30.3 Å². The van der Waals surface area contributed by atoms with Gasteiger partial charge in [-0.2, -0.15) is 34.8 Å². The van der Waals surface area contributed by atoms with Crippen molar-refractivity contribution in [3.63, 3.8) is 0 Å². The zero-order valence-corrected chi connectivity index (χ0v) is 26.2. The van der Waals surface area contributed by atoms with Crippen molar-refractivity contribution >= 4 is 54.5 Å². The number of carbonyl (C=O) groups excluding carboxylic acids is 1. The highest BCUT2D eigenvalue weighted by Gasteiger charge is 2.33. The first-order valence-corrected chi connectivity index (χ1v) is 16.6. The Hall–Kier alpha value is -3.91. The van der Waals surface area contributed by atoms with E-state index in [2.05, 4.69) is 14.7 Å². The Morgan fingerprint density at radius 1 is 0.979 bits per heavy atom. The van der Waals surface area contributed by atoms with Crippen molar-refractivity contribution in [1.82, 2.24) is 14.7 Å². The molecule has 11 nitrogen and oxygen atoms in total. The number of benzene rings is 3. The number of esters is 1. The first kappa shape index (κ1) is 35.9. The number of imidazole rings is 1. The Morgan fingerprint density at radius 2 is 1.60 bits per heavy atom. The molecule has 1 atom stereocenters. The third-order valence-electron chi connectivity index (χ3n) is 6.55. The highest BCUT2D eigenvalue weighted by Crippen LogP contribution is 2.34. The predicted molar refractivity (Wildman–Crippen MR) is 158 cm³/mol. The molecule has 0 bridgehead atoms. The SMILES string of the molecule is CCOC(=O)CN(c1ccc(C[C@H](NS(=O)(=O)c2ccc(C(F)(F)F)cc2)c2nc3ccc(C(F)(F)F)cc3[nH]2)cc1Cl)S(N)(=O)=O. The van der Waals surface area contributed by atoms with E-state index in [9.17, 15) is 48.0 Å². The van der Waals surface area contributed by atoms with Crippen LogP contribution in [0.3, 0.4) is 0 Å². The summed E-state index contributed by atoms with van der Waals surface area (Å²) in [7, 11) is -9.11. The van der Waals surface area contributed by atoms with Gasteiger partial charge in [-0.1, -0.05) is 17.7 Å². The molecule has 4 N–H and O–H groups in total. The van der Waals surface area contributed by atoms with Gasteiger partial charge in [0.05, 0.1) is 50.4 Å². The lowest BCUT2D eigenvalue weighted by molar-refractivity contribution is -0.141. The largest absolute Gasteiger partial charge is 0.465 e. The molecule has 1 aromatic heterocycles. The zero-order chi connectivity index (χ0) is 34.9. The number of aromatic nitrogens is 2. The highest BCUT2D eigenvalue weighted by atomic mass is 35.5. The van der Waals surface area contributed by atoms with E-state index in [0.29, 0.717) is 16.4 Å². The van der Waals surface area contributed by atoms with E-state index >= 15 is 0 Å². The lowest BCUT2D eigenvalue weighted by Gasteiger charge is -2.23. The molecule has 0 radical (unpaired) electrons. The fraction of sp³-hybridized carbons (Fsp3) is 0.259. The first-order chi connectivity index (χ1) is 21.7. The Morgan fingerprint density at radius 3 is 2.15 bits per heavy atom. The van der Waals surface area contributed by atoms with Gasteiger partial charge in [-0.05, 0) is 73.5 Å². The molecule has 0 aliphatic heterocycles. The lowest BCUT2D eigenvalue weighted by atomic mass is 10.1. The number of fused-ring (bicyclic) bond motifs is 1. The summed E-state index contributed by atoms with van der Waals surface area (Å²) in [6.07, 6.45) is -9.74. The quantitative estimate of drug-likeness (QED) is 0.143. The van der Waals surface area contributed by atoms with Gasteiger partial charge in [0.1, 0.15) is 12.4 Å². The summed E-state index contributed by atoms with van der Waals surface area (Å²) in [6, 6.07) is 7.54. The van der Waals surface area contributed by atoms with Gasteiger partial charge in [-0.25, -0.2) is 27.6 Å². The summed E-state index contributed by atoms with van der Waals surface area (Å²) in [5, 5.41) is 5.02. The van der Waals surface area contributed by atoms with Gasteiger partial charge in [0.25, 0.3) is 10.2 Å².